The van der Waals surface area contributed by atoms with Crippen molar-refractivity contribution in [1.82, 2.24) is 10.2 Å². The third-order valence-corrected chi connectivity index (χ3v) is 4.46. The van der Waals surface area contributed by atoms with E-state index in [0.717, 1.165) is 51.6 Å². The van der Waals surface area contributed by atoms with Crippen LogP contribution in [-0.4, -0.2) is 49.8 Å². The predicted molar refractivity (Wildman–Crippen MR) is 118 cm³/mol. The molecule has 1 heterocycles. The molecule has 0 amide bonds. The molecule has 1 saturated heterocycles. The number of ether oxygens (including phenoxy) is 2. The highest BCUT2D eigenvalue weighted by Gasteiger charge is 2.21. The molecule has 1 aromatic rings. The monoisotopic (exact) mass is 475 g/mol. The summed E-state index contributed by atoms with van der Waals surface area (Å²) in [5.41, 5.74) is 2.45. The standard InChI is InChI=1S/C20H33N3O2.HI/c1-4-21-20(23-13-11-19(12-14-23)25-6-3)22-15-17-9-7-8-10-18(17)16-24-5-2;/h7-10,19H,4-6,11-16H2,1-3H3,(H,21,22);1H. The summed E-state index contributed by atoms with van der Waals surface area (Å²) >= 11 is 0. The minimum Gasteiger partial charge on any atom is -0.378 e. The Morgan fingerprint density at radius 3 is 2.42 bits per heavy atom. The van der Waals surface area contributed by atoms with E-state index in [2.05, 4.69) is 48.3 Å². The molecule has 0 saturated carbocycles. The smallest absolute Gasteiger partial charge is 0.194 e. The van der Waals surface area contributed by atoms with Gasteiger partial charge in [-0.25, -0.2) is 4.99 Å². The molecule has 0 aliphatic carbocycles. The van der Waals surface area contributed by atoms with Crippen LogP contribution in [0.5, 0.6) is 0 Å². The van der Waals surface area contributed by atoms with Crippen LogP contribution < -0.4 is 5.32 Å². The van der Waals surface area contributed by atoms with Gasteiger partial charge in [0.2, 0.25) is 0 Å². The summed E-state index contributed by atoms with van der Waals surface area (Å²) in [6.07, 6.45) is 2.54. The molecular weight excluding hydrogens is 441 g/mol. The van der Waals surface area contributed by atoms with Gasteiger partial charge in [0.25, 0.3) is 0 Å². The third-order valence-electron chi connectivity index (χ3n) is 4.46. The zero-order chi connectivity index (χ0) is 17.9. The molecule has 148 valence electrons. The number of hydrogen-bond acceptors (Lipinski definition) is 3. The molecular formula is C20H34IN3O2. The van der Waals surface area contributed by atoms with Gasteiger partial charge in [0, 0.05) is 32.8 Å². The topological polar surface area (TPSA) is 46.1 Å². The Morgan fingerprint density at radius 2 is 1.81 bits per heavy atom. The first-order valence-electron chi connectivity index (χ1n) is 9.57. The van der Waals surface area contributed by atoms with E-state index in [0.29, 0.717) is 19.3 Å². The fourth-order valence-corrected chi connectivity index (χ4v) is 3.12. The Balaban J connectivity index is 0.00000338. The maximum atomic E-state index is 5.75. The first-order valence-corrected chi connectivity index (χ1v) is 9.57. The van der Waals surface area contributed by atoms with E-state index in [1.54, 1.807) is 0 Å². The Morgan fingerprint density at radius 1 is 1.12 bits per heavy atom. The Kier molecular flexibility index (Phi) is 11.9. The van der Waals surface area contributed by atoms with Crippen molar-refractivity contribution in [2.75, 3.05) is 32.8 Å². The third kappa shape index (κ3) is 7.40. The number of piperidine rings is 1. The number of aliphatic imine (C=N–C) groups is 1. The quantitative estimate of drug-likeness (QED) is 0.353. The second-order valence-electron chi connectivity index (χ2n) is 6.22. The summed E-state index contributed by atoms with van der Waals surface area (Å²) in [7, 11) is 0. The van der Waals surface area contributed by atoms with Crippen molar-refractivity contribution in [2.45, 2.75) is 52.9 Å². The van der Waals surface area contributed by atoms with Crippen molar-refractivity contribution in [3.8, 4) is 0 Å². The summed E-state index contributed by atoms with van der Waals surface area (Å²) in [6.45, 7) is 11.9. The molecule has 1 fully saturated rings. The Labute approximate surface area is 175 Å². The van der Waals surface area contributed by atoms with Gasteiger partial charge in [0.1, 0.15) is 0 Å². The zero-order valence-electron chi connectivity index (χ0n) is 16.4. The predicted octanol–water partition coefficient (Wildman–Crippen LogP) is 3.81. The molecule has 0 unspecified atom stereocenters. The van der Waals surface area contributed by atoms with E-state index in [4.69, 9.17) is 14.5 Å². The van der Waals surface area contributed by atoms with Crippen molar-refractivity contribution in [2.24, 2.45) is 4.99 Å². The summed E-state index contributed by atoms with van der Waals surface area (Å²) in [5.74, 6) is 1.00. The summed E-state index contributed by atoms with van der Waals surface area (Å²) in [6, 6.07) is 8.40. The highest BCUT2D eigenvalue weighted by atomic mass is 127. The molecule has 1 aromatic carbocycles. The van der Waals surface area contributed by atoms with Gasteiger partial charge in [-0.1, -0.05) is 24.3 Å². The molecule has 1 N–H and O–H groups in total. The zero-order valence-corrected chi connectivity index (χ0v) is 18.7. The minimum atomic E-state index is 0. The van der Waals surface area contributed by atoms with E-state index >= 15 is 0 Å². The van der Waals surface area contributed by atoms with Crippen LogP contribution in [0.15, 0.2) is 29.3 Å². The van der Waals surface area contributed by atoms with E-state index in [1.165, 1.54) is 11.1 Å². The Bertz CT molecular complexity index is 532. The van der Waals surface area contributed by atoms with Gasteiger partial charge in [-0.3, -0.25) is 0 Å². The van der Waals surface area contributed by atoms with Crippen LogP contribution in [0.25, 0.3) is 0 Å². The van der Waals surface area contributed by atoms with Crippen LogP contribution in [0.4, 0.5) is 0 Å². The fourth-order valence-electron chi connectivity index (χ4n) is 3.12. The lowest BCUT2D eigenvalue weighted by Crippen LogP contribution is -2.47. The summed E-state index contributed by atoms with van der Waals surface area (Å²) < 4.78 is 11.3. The van der Waals surface area contributed by atoms with Crippen molar-refractivity contribution in [3.63, 3.8) is 0 Å². The van der Waals surface area contributed by atoms with E-state index < -0.39 is 0 Å². The van der Waals surface area contributed by atoms with Crippen LogP contribution in [-0.2, 0) is 22.6 Å². The second kappa shape index (κ2) is 13.3. The molecule has 6 heteroatoms. The van der Waals surface area contributed by atoms with Crippen LogP contribution in [0, 0.1) is 0 Å². The first-order chi connectivity index (χ1) is 12.3. The van der Waals surface area contributed by atoms with Crippen molar-refractivity contribution in [1.29, 1.82) is 0 Å². The second-order valence-corrected chi connectivity index (χ2v) is 6.22. The fraction of sp³-hybridized carbons (Fsp3) is 0.650. The number of nitrogens with one attached hydrogen (secondary N) is 1. The normalized spacial score (nSPS) is 15.7. The number of rotatable bonds is 8. The van der Waals surface area contributed by atoms with Crippen LogP contribution in [0.1, 0.15) is 44.7 Å². The van der Waals surface area contributed by atoms with Gasteiger partial charge in [-0.2, -0.15) is 0 Å². The molecule has 0 spiro atoms. The van der Waals surface area contributed by atoms with Crippen molar-refractivity contribution >= 4 is 29.9 Å². The molecule has 26 heavy (non-hydrogen) atoms. The number of nitrogens with zero attached hydrogens (tertiary/aromatic N) is 2. The highest BCUT2D eigenvalue weighted by Crippen LogP contribution is 2.15. The van der Waals surface area contributed by atoms with Crippen molar-refractivity contribution < 1.29 is 9.47 Å². The largest absolute Gasteiger partial charge is 0.378 e. The van der Waals surface area contributed by atoms with Crippen LogP contribution in [0.2, 0.25) is 0 Å². The van der Waals surface area contributed by atoms with Gasteiger partial charge in [0.15, 0.2) is 5.96 Å². The summed E-state index contributed by atoms with van der Waals surface area (Å²) in [5, 5.41) is 3.44. The number of hydrogen-bond donors (Lipinski definition) is 1. The van der Waals surface area contributed by atoms with Gasteiger partial charge in [-0.15, -0.1) is 24.0 Å². The molecule has 2 rings (SSSR count). The first kappa shape index (κ1) is 23.2. The molecule has 0 atom stereocenters. The van der Waals surface area contributed by atoms with E-state index in [-0.39, 0.29) is 24.0 Å². The molecule has 5 nitrogen and oxygen atoms in total. The van der Waals surface area contributed by atoms with Crippen molar-refractivity contribution in [3.05, 3.63) is 35.4 Å². The SMILES string of the molecule is CCNC(=NCc1ccccc1COCC)N1CCC(OCC)CC1.I. The molecule has 0 aromatic heterocycles. The number of halogens is 1. The van der Waals surface area contributed by atoms with Gasteiger partial charge < -0.3 is 19.7 Å². The Hall–Kier alpha value is -0.860. The maximum Gasteiger partial charge on any atom is 0.194 e. The lowest BCUT2D eigenvalue weighted by Gasteiger charge is -2.34. The lowest BCUT2D eigenvalue weighted by atomic mass is 10.1. The average molecular weight is 475 g/mol. The molecule has 1 aliphatic heterocycles. The van der Waals surface area contributed by atoms with Gasteiger partial charge in [0.05, 0.1) is 19.3 Å². The van der Waals surface area contributed by atoms with E-state index in [9.17, 15) is 0 Å². The van der Waals surface area contributed by atoms with Gasteiger partial charge >= 0.3 is 0 Å². The lowest BCUT2D eigenvalue weighted by molar-refractivity contribution is 0.0263. The number of benzene rings is 1. The maximum absolute atomic E-state index is 5.75. The van der Waals surface area contributed by atoms with Gasteiger partial charge in [-0.05, 0) is 44.7 Å². The number of likely N-dealkylation sites (tertiary alicyclic amines) is 1. The highest BCUT2D eigenvalue weighted by molar-refractivity contribution is 14.0. The average Bonchev–Trinajstić information content (AvgIpc) is 2.65. The number of guanidine groups is 1. The molecule has 0 bridgehead atoms. The van der Waals surface area contributed by atoms with E-state index in [1.807, 2.05) is 6.92 Å². The summed E-state index contributed by atoms with van der Waals surface area (Å²) in [4.78, 5) is 7.23. The minimum absolute atomic E-state index is 0. The van der Waals surface area contributed by atoms with Crippen LogP contribution >= 0.6 is 24.0 Å². The molecule has 0 radical (unpaired) electrons. The van der Waals surface area contributed by atoms with Crippen LogP contribution in [0.3, 0.4) is 0 Å². The molecule has 1 aliphatic rings.